The minimum absolute atomic E-state index is 0.386. The molecule has 0 bridgehead atoms. The van der Waals surface area contributed by atoms with Crippen molar-refractivity contribution >= 4 is 12.0 Å². The van der Waals surface area contributed by atoms with Crippen LogP contribution in [-0.4, -0.2) is 13.1 Å². The van der Waals surface area contributed by atoms with E-state index in [0.717, 1.165) is 22.4 Å². The maximum atomic E-state index is 11.9. The number of esters is 1. The van der Waals surface area contributed by atoms with Gasteiger partial charge >= 0.3 is 5.97 Å². The molecule has 2 rings (SSSR count). The van der Waals surface area contributed by atoms with Crippen LogP contribution in [-0.2, 0) is 4.79 Å². The number of para-hydroxylation sites is 1. The summed E-state index contributed by atoms with van der Waals surface area (Å²) in [5, 5.41) is 0. The Morgan fingerprint density at radius 2 is 1.62 bits per heavy atom. The molecule has 2 aromatic carbocycles. The maximum absolute atomic E-state index is 11.9. The van der Waals surface area contributed by atoms with Crippen LogP contribution in [0.5, 0.6) is 11.5 Å². The summed E-state index contributed by atoms with van der Waals surface area (Å²) >= 11 is 0. The number of benzene rings is 2. The molecule has 0 atom stereocenters. The minimum Gasteiger partial charge on any atom is -0.497 e. The van der Waals surface area contributed by atoms with E-state index in [0.29, 0.717) is 5.75 Å². The van der Waals surface area contributed by atoms with Gasteiger partial charge in [0.25, 0.3) is 0 Å². The first kappa shape index (κ1) is 14.9. The summed E-state index contributed by atoms with van der Waals surface area (Å²) in [5.74, 6) is 1.02. The van der Waals surface area contributed by atoms with E-state index in [1.807, 2.05) is 56.3 Å². The molecule has 0 fully saturated rings. The molecule has 3 nitrogen and oxygen atoms in total. The Morgan fingerprint density at radius 1 is 1.00 bits per heavy atom. The van der Waals surface area contributed by atoms with E-state index in [1.54, 1.807) is 13.2 Å². The summed E-state index contributed by atoms with van der Waals surface area (Å²) in [7, 11) is 1.62. The van der Waals surface area contributed by atoms with E-state index in [2.05, 4.69) is 0 Å². The number of aryl methyl sites for hydroxylation is 2. The van der Waals surface area contributed by atoms with Crippen LogP contribution in [0.4, 0.5) is 0 Å². The Kier molecular flexibility index (Phi) is 4.77. The van der Waals surface area contributed by atoms with Crippen molar-refractivity contribution in [1.82, 2.24) is 0 Å². The summed E-state index contributed by atoms with van der Waals surface area (Å²) in [5.41, 5.74) is 2.80. The molecule has 0 aliphatic rings. The van der Waals surface area contributed by atoms with Gasteiger partial charge in [0, 0.05) is 6.08 Å². The SMILES string of the molecule is COc1ccc(C=CC(=O)Oc2c(C)cccc2C)cc1. The fourth-order valence-electron chi connectivity index (χ4n) is 1.97. The highest BCUT2D eigenvalue weighted by atomic mass is 16.5. The zero-order valence-corrected chi connectivity index (χ0v) is 12.4. The van der Waals surface area contributed by atoms with E-state index in [9.17, 15) is 4.79 Å². The lowest BCUT2D eigenvalue weighted by Crippen LogP contribution is -2.06. The number of methoxy groups -OCH3 is 1. The van der Waals surface area contributed by atoms with Crippen LogP contribution < -0.4 is 9.47 Å². The zero-order valence-electron chi connectivity index (χ0n) is 12.4. The van der Waals surface area contributed by atoms with E-state index in [-0.39, 0.29) is 5.97 Å². The Balaban J connectivity index is 2.05. The molecule has 0 heterocycles. The summed E-state index contributed by atoms with van der Waals surface area (Å²) < 4.78 is 10.5. The summed E-state index contributed by atoms with van der Waals surface area (Å²) in [6, 6.07) is 13.2. The predicted molar refractivity (Wildman–Crippen MR) is 83.6 cm³/mol. The largest absolute Gasteiger partial charge is 0.497 e. The number of carbonyl (C=O) groups is 1. The molecule has 0 aliphatic heterocycles. The lowest BCUT2D eigenvalue weighted by atomic mass is 10.1. The van der Waals surface area contributed by atoms with Gasteiger partial charge in [-0.2, -0.15) is 0 Å². The van der Waals surface area contributed by atoms with E-state index in [4.69, 9.17) is 9.47 Å². The molecule has 0 saturated heterocycles. The van der Waals surface area contributed by atoms with E-state index < -0.39 is 0 Å². The first-order valence-electron chi connectivity index (χ1n) is 6.70. The molecule has 0 aromatic heterocycles. The van der Waals surface area contributed by atoms with Crippen molar-refractivity contribution in [2.24, 2.45) is 0 Å². The third-order valence-electron chi connectivity index (χ3n) is 3.14. The van der Waals surface area contributed by atoms with Gasteiger partial charge in [0.05, 0.1) is 7.11 Å². The smallest absolute Gasteiger partial charge is 0.336 e. The lowest BCUT2D eigenvalue weighted by Gasteiger charge is -2.08. The highest BCUT2D eigenvalue weighted by Crippen LogP contribution is 2.22. The molecule has 0 aliphatic carbocycles. The standard InChI is InChI=1S/C18H18O3/c1-13-5-4-6-14(2)18(13)21-17(19)12-9-15-7-10-16(20-3)11-8-15/h4-12H,1-3H3. The average molecular weight is 282 g/mol. The lowest BCUT2D eigenvalue weighted by molar-refractivity contribution is -0.129. The third kappa shape index (κ3) is 3.96. The topological polar surface area (TPSA) is 35.5 Å². The number of carbonyl (C=O) groups excluding carboxylic acids is 1. The number of ether oxygens (including phenoxy) is 2. The van der Waals surface area contributed by atoms with Crippen LogP contribution in [0.1, 0.15) is 16.7 Å². The second-order valence-electron chi connectivity index (χ2n) is 4.75. The van der Waals surface area contributed by atoms with Gasteiger partial charge in [-0.3, -0.25) is 0 Å². The molecule has 0 saturated carbocycles. The average Bonchev–Trinajstić information content (AvgIpc) is 2.49. The van der Waals surface area contributed by atoms with Gasteiger partial charge in [0.15, 0.2) is 0 Å². The molecular formula is C18H18O3. The number of hydrogen-bond donors (Lipinski definition) is 0. The zero-order chi connectivity index (χ0) is 15.2. The van der Waals surface area contributed by atoms with Crippen molar-refractivity contribution in [3.8, 4) is 11.5 Å². The molecular weight excluding hydrogens is 264 g/mol. The van der Waals surface area contributed by atoms with Crippen LogP contribution in [0.2, 0.25) is 0 Å². The fourth-order valence-corrected chi connectivity index (χ4v) is 1.97. The Labute approximate surface area is 124 Å². The van der Waals surface area contributed by atoms with Gasteiger partial charge in [-0.05, 0) is 48.7 Å². The fraction of sp³-hybridized carbons (Fsp3) is 0.167. The predicted octanol–water partition coefficient (Wildman–Crippen LogP) is 3.93. The first-order chi connectivity index (χ1) is 10.1. The van der Waals surface area contributed by atoms with Crippen LogP contribution >= 0.6 is 0 Å². The molecule has 0 amide bonds. The van der Waals surface area contributed by atoms with Crippen molar-refractivity contribution in [2.45, 2.75) is 13.8 Å². The number of hydrogen-bond acceptors (Lipinski definition) is 3. The van der Waals surface area contributed by atoms with Crippen molar-refractivity contribution < 1.29 is 14.3 Å². The molecule has 21 heavy (non-hydrogen) atoms. The van der Waals surface area contributed by atoms with Gasteiger partial charge in [-0.25, -0.2) is 4.79 Å². The van der Waals surface area contributed by atoms with Crippen molar-refractivity contribution in [3.05, 3.63) is 65.2 Å². The molecule has 0 radical (unpaired) electrons. The number of rotatable bonds is 4. The second kappa shape index (κ2) is 6.75. The second-order valence-corrected chi connectivity index (χ2v) is 4.75. The molecule has 0 N–H and O–H groups in total. The quantitative estimate of drug-likeness (QED) is 0.484. The Hall–Kier alpha value is -2.55. The van der Waals surface area contributed by atoms with E-state index in [1.165, 1.54) is 6.08 Å². The van der Waals surface area contributed by atoms with Gasteiger partial charge in [-0.1, -0.05) is 30.3 Å². The summed E-state index contributed by atoms with van der Waals surface area (Å²) in [6.45, 7) is 3.84. The third-order valence-corrected chi connectivity index (χ3v) is 3.14. The van der Waals surface area contributed by atoms with Gasteiger partial charge in [-0.15, -0.1) is 0 Å². The van der Waals surface area contributed by atoms with Crippen LogP contribution in [0.3, 0.4) is 0 Å². The molecule has 2 aromatic rings. The van der Waals surface area contributed by atoms with Crippen LogP contribution in [0, 0.1) is 13.8 Å². The summed E-state index contributed by atoms with van der Waals surface area (Å²) in [4.78, 5) is 11.9. The Morgan fingerprint density at radius 3 is 2.19 bits per heavy atom. The molecule has 0 spiro atoms. The van der Waals surface area contributed by atoms with E-state index >= 15 is 0 Å². The van der Waals surface area contributed by atoms with Gasteiger partial charge in [0.2, 0.25) is 0 Å². The summed E-state index contributed by atoms with van der Waals surface area (Å²) in [6.07, 6.45) is 3.14. The highest BCUT2D eigenvalue weighted by Gasteiger charge is 2.06. The van der Waals surface area contributed by atoms with Crippen molar-refractivity contribution in [2.75, 3.05) is 7.11 Å². The molecule has 3 heteroatoms. The Bertz CT molecular complexity index is 634. The monoisotopic (exact) mass is 282 g/mol. The normalized spacial score (nSPS) is 10.6. The first-order valence-corrected chi connectivity index (χ1v) is 6.70. The van der Waals surface area contributed by atoms with Crippen LogP contribution in [0.25, 0.3) is 6.08 Å². The minimum atomic E-state index is -0.386. The molecule has 0 unspecified atom stereocenters. The van der Waals surface area contributed by atoms with Crippen molar-refractivity contribution in [1.29, 1.82) is 0 Å². The van der Waals surface area contributed by atoms with Crippen molar-refractivity contribution in [3.63, 3.8) is 0 Å². The van der Waals surface area contributed by atoms with Crippen LogP contribution in [0.15, 0.2) is 48.5 Å². The molecule has 108 valence electrons. The highest BCUT2D eigenvalue weighted by molar-refractivity contribution is 5.89. The van der Waals surface area contributed by atoms with Gasteiger partial charge < -0.3 is 9.47 Å². The maximum Gasteiger partial charge on any atom is 0.336 e. The van der Waals surface area contributed by atoms with Gasteiger partial charge in [0.1, 0.15) is 11.5 Å².